The van der Waals surface area contributed by atoms with Gasteiger partial charge in [-0.25, -0.2) is 4.73 Å². The average Bonchev–Trinajstić information content (AvgIpc) is 3.15. The zero-order valence-corrected chi connectivity index (χ0v) is 15.1. The van der Waals surface area contributed by atoms with Crippen LogP contribution < -0.4 is 10.0 Å². The second-order valence-electron chi connectivity index (χ2n) is 8.13. The summed E-state index contributed by atoms with van der Waals surface area (Å²) in [4.78, 5) is 17.1. The molecule has 2 aromatic heterocycles. The molecule has 2 aromatic rings. The lowest BCUT2D eigenvalue weighted by Gasteiger charge is -2.27. The maximum Gasteiger partial charge on any atom is 0.328 e. The van der Waals surface area contributed by atoms with Crippen molar-refractivity contribution in [1.82, 2.24) is 20.1 Å². The minimum atomic E-state index is -0.544. The summed E-state index contributed by atoms with van der Waals surface area (Å²) in [6.45, 7) is -0.0600. The smallest absolute Gasteiger partial charge is 0.328 e. The molecule has 0 bridgehead atoms. The van der Waals surface area contributed by atoms with Gasteiger partial charge in [-0.1, -0.05) is 22.6 Å². The summed E-state index contributed by atoms with van der Waals surface area (Å²) in [5.74, 6) is 1.06. The average molecular weight is 369 g/mol. The van der Waals surface area contributed by atoms with Gasteiger partial charge in [0, 0.05) is 11.5 Å². The lowest BCUT2D eigenvalue weighted by molar-refractivity contribution is -0.600. The van der Waals surface area contributed by atoms with Crippen molar-refractivity contribution >= 4 is 5.91 Å². The standard InChI is InChI=1S/C19H23N5O3/c25-11-19(5-1-2-6-19)21-18(26)16-13-4-3-12-9-14(12)17(13)24(22-16)15-10-20-7-8-23(15)27/h7-8,10,12,14,25H,1-6,9,11H2,(H,21,26)/t12-,14+/m1/s1. The predicted molar refractivity (Wildman–Crippen MR) is 95.2 cm³/mol. The van der Waals surface area contributed by atoms with E-state index in [1.165, 1.54) is 18.6 Å². The molecule has 3 aliphatic carbocycles. The first kappa shape index (κ1) is 16.7. The van der Waals surface area contributed by atoms with Crippen LogP contribution in [0.25, 0.3) is 5.82 Å². The first-order valence-corrected chi connectivity index (χ1v) is 9.70. The van der Waals surface area contributed by atoms with E-state index in [0.29, 0.717) is 23.3 Å². The van der Waals surface area contributed by atoms with Crippen LogP contribution in [0.15, 0.2) is 18.6 Å². The molecule has 2 atom stereocenters. The van der Waals surface area contributed by atoms with Gasteiger partial charge >= 0.3 is 5.82 Å². The number of hydrogen-bond donors (Lipinski definition) is 2. The largest absolute Gasteiger partial charge is 0.710 e. The van der Waals surface area contributed by atoms with E-state index in [4.69, 9.17) is 0 Å². The van der Waals surface area contributed by atoms with Crippen LogP contribution in [0.2, 0.25) is 0 Å². The fraction of sp³-hybridized carbons (Fsp3) is 0.579. The third-order valence-electron chi connectivity index (χ3n) is 6.44. The van der Waals surface area contributed by atoms with Crippen LogP contribution in [0.3, 0.4) is 0 Å². The molecule has 142 valence electrons. The highest BCUT2D eigenvalue weighted by Gasteiger charge is 2.50. The Kier molecular flexibility index (Phi) is 3.72. The Bertz CT molecular complexity index is 903. The van der Waals surface area contributed by atoms with Crippen molar-refractivity contribution in [2.24, 2.45) is 5.92 Å². The normalized spacial score (nSPS) is 24.9. The molecule has 2 heterocycles. The summed E-state index contributed by atoms with van der Waals surface area (Å²) in [7, 11) is 0. The number of fused-ring (bicyclic) bond motifs is 3. The highest BCUT2D eigenvalue weighted by molar-refractivity contribution is 5.95. The van der Waals surface area contributed by atoms with Crippen LogP contribution in [0.1, 0.15) is 66.2 Å². The zero-order valence-electron chi connectivity index (χ0n) is 15.1. The van der Waals surface area contributed by atoms with E-state index in [2.05, 4.69) is 15.4 Å². The Balaban J connectivity index is 1.56. The molecule has 27 heavy (non-hydrogen) atoms. The minimum Gasteiger partial charge on any atom is -0.710 e. The monoisotopic (exact) mass is 369 g/mol. The van der Waals surface area contributed by atoms with Crippen molar-refractivity contribution in [3.8, 4) is 5.82 Å². The van der Waals surface area contributed by atoms with Crippen molar-refractivity contribution in [3.05, 3.63) is 40.7 Å². The van der Waals surface area contributed by atoms with Crippen LogP contribution in [0, 0.1) is 11.1 Å². The highest BCUT2D eigenvalue weighted by atomic mass is 16.5. The molecule has 0 unspecified atom stereocenters. The van der Waals surface area contributed by atoms with Gasteiger partial charge in [0.15, 0.2) is 5.69 Å². The van der Waals surface area contributed by atoms with E-state index in [1.807, 2.05) is 0 Å². The third-order valence-corrected chi connectivity index (χ3v) is 6.44. The van der Waals surface area contributed by atoms with Crippen LogP contribution in [0.5, 0.6) is 0 Å². The van der Waals surface area contributed by atoms with Crippen LogP contribution >= 0.6 is 0 Å². The number of carbonyl (C=O) groups excluding carboxylic acids is 1. The van der Waals surface area contributed by atoms with E-state index in [1.54, 1.807) is 4.68 Å². The Morgan fingerprint density at radius 3 is 3.00 bits per heavy atom. The Morgan fingerprint density at radius 1 is 1.44 bits per heavy atom. The molecular formula is C19H23N5O3. The number of aliphatic hydroxyl groups excluding tert-OH is 1. The highest BCUT2D eigenvalue weighted by Crippen LogP contribution is 2.55. The summed E-state index contributed by atoms with van der Waals surface area (Å²) in [5.41, 5.74) is 1.77. The summed E-state index contributed by atoms with van der Waals surface area (Å²) in [5, 5.41) is 29.7. The molecule has 2 saturated carbocycles. The summed E-state index contributed by atoms with van der Waals surface area (Å²) in [6.07, 6.45) is 10.8. The molecule has 0 aliphatic heterocycles. The quantitative estimate of drug-likeness (QED) is 0.617. The maximum atomic E-state index is 13.1. The van der Waals surface area contributed by atoms with E-state index >= 15 is 0 Å². The fourth-order valence-corrected chi connectivity index (χ4v) is 4.84. The number of aromatic nitrogens is 4. The van der Waals surface area contributed by atoms with E-state index in [-0.39, 0.29) is 12.5 Å². The van der Waals surface area contributed by atoms with E-state index in [0.717, 1.165) is 60.9 Å². The van der Waals surface area contributed by atoms with Crippen LogP contribution in [0.4, 0.5) is 0 Å². The van der Waals surface area contributed by atoms with Crippen molar-refractivity contribution in [2.75, 3.05) is 6.61 Å². The number of hydrogen-bond acceptors (Lipinski definition) is 5. The lowest BCUT2D eigenvalue weighted by Crippen LogP contribution is -2.49. The Hall–Kier alpha value is -2.48. The second-order valence-corrected chi connectivity index (χ2v) is 8.13. The van der Waals surface area contributed by atoms with Gasteiger partial charge in [-0.05, 0) is 38.0 Å². The summed E-state index contributed by atoms with van der Waals surface area (Å²) in [6, 6.07) is 0. The number of aliphatic hydroxyl groups is 1. The minimum absolute atomic E-state index is 0.0600. The molecule has 2 fully saturated rings. The number of amides is 1. The molecule has 1 amide bonds. The molecular weight excluding hydrogens is 346 g/mol. The maximum absolute atomic E-state index is 13.1. The van der Waals surface area contributed by atoms with E-state index < -0.39 is 5.54 Å². The number of nitrogens with one attached hydrogen (secondary N) is 1. The molecule has 3 aliphatic rings. The first-order chi connectivity index (χ1) is 13.1. The van der Waals surface area contributed by atoms with Gasteiger partial charge in [0.1, 0.15) is 18.1 Å². The van der Waals surface area contributed by atoms with E-state index in [9.17, 15) is 15.1 Å². The molecule has 2 N–H and O–H groups in total. The van der Waals surface area contributed by atoms with Gasteiger partial charge in [0.2, 0.25) is 0 Å². The first-order valence-electron chi connectivity index (χ1n) is 9.70. The Morgan fingerprint density at radius 2 is 2.26 bits per heavy atom. The van der Waals surface area contributed by atoms with Crippen LogP contribution in [-0.4, -0.2) is 37.9 Å². The number of carbonyl (C=O) groups is 1. The van der Waals surface area contributed by atoms with Crippen LogP contribution in [-0.2, 0) is 6.42 Å². The number of nitrogens with zero attached hydrogens (tertiary/aromatic N) is 4. The van der Waals surface area contributed by atoms with Gasteiger partial charge < -0.3 is 15.6 Å². The van der Waals surface area contributed by atoms with Gasteiger partial charge in [-0.3, -0.25) is 9.78 Å². The third kappa shape index (κ3) is 2.62. The lowest BCUT2D eigenvalue weighted by atomic mass is 9.94. The molecule has 0 radical (unpaired) electrons. The summed E-state index contributed by atoms with van der Waals surface area (Å²) < 4.78 is 2.36. The van der Waals surface area contributed by atoms with Gasteiger partial charge in [-0.15, -0.1) is 0 Å². The molecule has 5 rings (SSSR count). The van der Waals surface area contributed by atoms with Gasteiger partial charge in [0.05, 0.1) is 18.3 Å². The molecule has 8 heteroatoms. The SMILES string of the molecule is O=C(NC1(CO)CCCC1)c1nn(-c2cncc[n+]2[O-])c2c1CC[C@@H]1C[C@H]21. The van der Waals surface area contributed by atoms with Crippen molar-refractivity contribution in [2.45, 2.75) is 56.4 Å². The van der Waals surface area contributed by atoms with Crippen molar-refractivity contribution in [1.29, 1.82) is 0 Å². The number of rotatable bonds is 4. The van der Waals surface area contributed by atoms with Crippen molar-refractivity contribution < 1.29 is 14.6 Å². The zero-order chi connectivity index (χ0) is 18.6. The fourth-order valence-electron chi connectivity index (χ4n) is 4.84. The summed E-state index contributed by atoms with van der Waals surface area (Å²) >= 11 is 0. The topological polar surface area (TPSA) is 107 Å². The molecule has 0 spiro atoms. The second kappa shape index (κ2) is 6.02. The van der Waals surface area contributed by atoms with Gasteiger partial charge in [0.25, 0.3) is 5.91 Å². The molecule has 0 saturated heterocycles. The molecule has 0 aromatic carbocycles. The van der Waals surface area contributed by atoms with Crippen molar-refractivity contribution in [3.63, 3.8) is 0 Å². The Labute approximate surface area is 156 Å². The predicted octanol–water partition coefficient (Wildman–Crippen LogP) is 0.985. The van der Waals surface area contributed by atoms with Gasteiger partial charge in [-0.2, -0.15) is 0 Å². The molecule has 8 nitrogen and oxygen atoms in total.